The molecule has 5 heteroatoms. The summed E-state index contributed by atoms with van der Waals surface area (Å²) in [5.41, 5.74) is 0.783. The van der Waals surface area contributed by atoms with Gasteiger partial charge in [-0.1, -0.05) is 36.4 Å². The van der Waals surface area contributed by atoms with E-state index < -0.39 is 17.8 Å². The van der Waals surface area contributed by atoms with Crippen molar-refractivity contribution in [1.29, 1.82) is 0 Å². The molecule has 1 aliphatic rings. The Morgan fingerprint density at radius 2 is 1.50 bits per heavy atom. The average Bonchev–Trinajstić information content (AvgIpc) is 3.45. The molecule has 2 N–H and O–H groups in total. The maximum absolute atomic E-state index is 14.6. The molecule has 0 amide bonds. The summed E-state index contributed by atoms with van der Waals surface area (Å²) < 4.78 is 29.1. The van der Waals surface area contributed by atoms with Crippen LogP contribution in [0, 0.1) is 17.6 Å². The van der Waals surface area contributed by atoms with Gasteiger partial charge >= 0.3 is 0 Å². The molecule has 0 saturated heterocycles. The van der Waals surface area contributed by atoms with Gasteiger partial charge in [-0.25, -0.2) is 8.78 Å². The van der Waals surface area contributed by atoms with Crippen LogP contribution < -0.4 is 0 Å². The van der Waals surface area contributed by atoms with Gasteiger partial charge in [-0.15, -0.1) is 0 Å². The van der Waals surface area contributed by atoms with E-state index in [1.54, 1.807) is 36.4 Å². The van der Waals surface area contributed by atoms with Crippen molar-refractivity contribution in [2.45, 2.75) is 24.8 Å². The fraction of sp³-hybridized carbons (Fsp3) is 0.429. The molecule has 2 unspecified atom stereocenters. The fourth-order valence-corrected chi connectivity index (χ4v) is 3.63. The molecule has 26 heavy (non-hydrogen) atoms. The van der Waals surface area contributed by atoms with Gasteiger partial charge in [0.2, 0.25) is 0 Å². The number of rotatable bonds is 9. The molecule has 1 aliphatic carbocycles. The largest absolute Gasteiger partial charge is 0.396 e. The number of hydrogen-bond acceptors (Lipinski definition) is 3. The fourth-order valence-electron chi connectivity index (χ4n) is 3.63. The van der Waals surface area contributed by atoms with Gasteiger partial charge in [0.1, 0.15) is 11.6 Å². The van der Waals surface area contributed by atoms with Crippen LogP contribution in [0.3, 0.4) is 0 Å². The van der Waals surface area contributed by atoms with Gasteiger partial charge in [0.05, 0.1) is 13.2 Å². The Bertz CT molecular complexity index is 721. The van der Waals surface area contributed by atoms with Crippen LogP contribution in [0.4, 0.5) is 8.78 Å². The van der Waals surface area contributed by atoms with E-state index in [2.05, 4.69) is 0 Å². The van der Waals surface area contributed by atoms with Crippen molar-refractivity contribution in [1.82, 2.24) is 4.90 Å². The highest BCUT2D eigenvalue weighted by atomic mass is 19.1. The molecule has 0 aromatic heterocycles. The first kappa shape index (κ1) is 19.0. The zero-order valence-electron chi connectivity index (χ0n) is 14.7. The number of hydrogen-bond donors (Lipinski definition) is 2. The van der Waals surface area contributed by atoms with Crippen LogP contribution in [0.1, 0.15) is 35.9 Å². The summed E-state index contributed by atoms with van der Waals surface area (Å²) in [4.78, 5) is 1.99. The smallest absolute Gasteiger partial charge is 0.128 e. The lowest BCUT2D eigenvalue weighted by Gasteiger charge is -2.37. The quantitative estimate of drug-likeness (QED) is 0.719. The highest BCUT2D eigenvalue weighted by Gasteiger charge is 2.35. The third-order valence-corrected chi connectivity index (χ3v) is 5.08. The highest BCUT2D eigenvalue weighted by molar-refractivity contribution is 5.30. The van der Waals surface area contributed by atoms with E-state index in [0.29, 0.717) is 30.1 Å². The van der Waals surface area contributed by atoms with Crippen LogP contribution in [-0.2, 0) is 0 Å². The predicted octanol–water partition coefficient (Wildman–Crippen LogP) is 3.49. The summed E-state index contributed by atoms with van der Waals surface area (Å²) in [7, 11) is 0. The van der Waals surface area contributed by atoms with Crippen molar-refractivity contribution in [3.8, 4) is 0 Å². The van der Waals surface area contributed by atoms with Crippen LogP contribution in [0.2, 0.25) is 0 Å². The first-order valence-electron chi connectivity index (χ1n) is 9.10. The monoisotopic (exact) mass is 361 g/mol. The van der Waals surface area contributed by atoms with Crippen molar-refractivity contribution in [3.63, 3.8) is 0 Å². The second kappa shape index (κ2) is 8.71. The van der Waals surface area contributed by atoms with Gasteiger partial charge in [-0.3, -0.25) is 4.90 Å². The van der Waals surface area contributed by atoms with E-state index in [1.165, 1.54) is 12.1 Å². The van der Waals surface area contributed by atoms with E-state index in [4.69, 9.17) is 0 Å². The van der Waals surface area contributed by atoms with Crippen LogP contribution in [-0.4, -0.2) is 41.4 Å². The third-order valence-electron chi connectivity index (χ3n) is 5.08. The second-order valence-corrected chi connectivity index (χ2v) is 6.94. The minimum Gasteiger partial charge on any atom is -0.396 e. The molecule has 0 bridgehead atoms. The number of benzene rings is 2. The normalized spacial score (nSPS) is 16.7. The number of nitrogens with zero attached hydrogens (tertiary/aromatic N) is 1. The molecule has 0 radical (unpaired) electrons. The summed E-state index contributed by atoms with van der Waals surface area (Å²) in [5.74, 6) is -0.913. The van der Waals surface area contributed by atoms with Gasteiger partial charge in [0, 0.05) is 30.6 Å². The van der Waals surface area contributed by atoms with Crippen molar-refractivity contribution >= 4 is 0 Å². The molecule has 2 aromatic rings. The maximum Gasteiger partial charge on any atom is 0.128 e. The molecule has 140 valence electrons. The topological polar surface area (TPSA) is 43.7 Å². The van der Waals surface area contributed by atoms with E-state index in [0.717, 1.165) is 12.8 Å². The Labute approximate surface area is 152 Å². The van der Waals surface area contributed by atoms with Gasteiger partial charge in [-0.05, 0) is 36.5 Å². The first-order valence-corrected chi connectivity index (χ1v) is 9.10. The third kappa shape index (κ3) is 4.29. The van der Waals surface area contributed by atoms with E-state index >= 15 is 0 Å². The zero-order valence-corrected chi connectivity index (χ0v) is 14.7. The standard InChI is InChI=1S/C21H25F2NO2/c22-19-7-3-1-5-16(19)18(14-26)21(17-6-2-4-8-20(17)23)24(11-12-25)13-15-9-10-15/h1-8,15,18,21,25-26H,9-14H2. The molecule has 0 aliphatic heterocycles. The van der Waals surface area contributed by atoms with Crippen molar-refractivity contribution < 1.29 is 19.0 Å². The lowest BCUT2D eigenvalue weighted by Crippen LogP contribution is -2.38. The Hall–Kier alpha value is -1.82. The maximum atomic E-state index is 14.6. The molecular weight excluding hydrogens is 336 g/mol. The zero-order chi connectivity index (χ0) is 18.5. The molecule has 0 heterocycles. The van der Waals surface area contributed by atoms with Crippen LogP contribution in [0.15, 0.2) is 48.5 Å². The second-order valence-electron chi connectivity index (χ2n) is 6.94. The average molecular weight is 361 g/mol. The summed E-state index contributed by atoms with van der Waals surface area (Å²) >= 11 is 0. The summed E-state index contributed by atoms with van der Waals surface area (Å²) in [5, 5.41) is 19.7. The van der Waals surface area contributed by atoms with Gasteiger partial charge in [0.25, 0.3) is 0 Å². The molecule has 3 rings (SSSR count). The van der Waals surface area contributed by atoms with Crippen molar-refractivity contribution in [3.05, 3.63) is 71.3 Å². The lowest BCUT2D eigenvalue weighted by atomic mass is 9.85. The Balaban J connectivity index is 2.05. The van der Waals surface area contributed by atoms with Gasteiger partial charge < -0.3 is 10.2 Å². The Morgan fingerprint density at radius 3 is 2.00 bits per heavy atom. The molecule has 3 nitrogen and oxygen atoms in total. The molecule has 2 atom stereocenters. The number of aliphatic hydroxyl groups is 2. The number of aliphatic hydroxyl groups excluding tert-OH is 2. The van der Waals surface area contributed by atoms with Gasteiger partial charge in [0.15, 0.2) is 0 Å². The summed E-state index contributed by atoms with van der Waals surface area (Å²) in [6, 6.07) is 12.2. The van der Waals surface area contributed by atoms with Crippen molar-refractivity contribution in [2.75, 3.05) is 26.3 Å². The Morgan fingerprint density at radius 1 is 0.923 bits per heavy atom. The first-order chi connectivity index (χ1) is 12.7. The lowest BCUT2D eigenvalue weighted by molar-refractivity contribution is 0.101. The predicted molar refractivity (Wildman–Crippen MR) is 96.8 cm³/mol. The Kier molecular flexibility index (Phi) is 6.35. The minimum absolute atomic E-state index is 0.0763. The molecule has 0 spiro atoms. The van der Waals surface area contributed by atoms with Gasteiger partial charge in [-0.2, -0.15) is 0 Å². The van der Waals surface area contributed by atoms with E-state index in [-0.39, 0.29) is 19.0 Å². The number of halogens is 2. The van der Waals surface area contributed by atoms with Crippen LogP contribution >= 0.6 is 0 Å². The molecule has 1 saturated carbocycles. The summed E-state index contributed by atoms with van der Waals surface area (Å²) in [6.07, 6.45) is 2.21. The van der Waals surface area contributed by atoms with Crippen molar-refractivity contribution in [2.24, 2.45) is 5.92 Å². The van der Waals surface area contributed by atoms with Crippen LogP contribution in [0.5, 0.6) is 0 Å². The van der Waals surface area contributed by atoms with E-state index in [9.17, 15) is 19.0 Å². The minimum atomic E-state index is -0.626. The van der Waals surface area contributed by atoms with E-state index in [1.807, 2.05) is 4.90 Å². The summed E-state index contributed by atoms with van der Waals surface area (Å²) in [6.45, 7) is 0.657. The molecule has 1 fully saturated rings. The molecule has 2 aromatic carbocycles. The molecular formula is C21H25F2NO2. The highest BCUT2D eigenvalue weighted by Crippen LogP contribution is 2.40. The SMILES string of the molecule is OCCN(CC1CC1)C(c1ccccc1F)C(CO)c1ccccc1F. The van der Waals surface area contributed by atoms with Crippen LogP contribution in [0.25, 0.3) is 0 Å².